The predicted octanol–water partition coefficient (Wildman–Crippen LogP) is -1.50. The minimum atomic E-state index is -1.01. The van der Waals surface area contributed by atoms with Crippen molar-refractivity contribution in [1.29, 1.82) is 0 Å². The van der Waals surface area contributed by atoms with Gasteiger partial charge in [0.1, 0.15) is 0 Å². The van der Waals surface area contributed by atoms with Crippen molar-refractivity contribution in [2.45, 2.75) is 25.4 Å². The van der Waals surface area contributed by atoms with Crippen molar-refractivity contribution in [3.8, 4) is 0 Å². The van der Waals surface area contributed by atoms with Crippen LogP contribution in [0.5, 0.6) is 0 Å². The fourth-order valence-corrected chi connectivity index (χ4v) is 3.32. The topological polar surface area (TPSA) is 191 Å². The van der Waals surface area contributed by atoms with Crippen LogP contribution >= 0.6 is 0 Å². The third-order valence-electron chi connectivity index (χ3n) is 4.53. The summed E-state index contributed by atoms with van der Waals surface area (Å²) in [5.41, 5.74) is 6.70. The maximum Gasteiger partial charge on any atom is 0.164 e. The Labute approximate surface area is 208 Å². The summed E-state index contributed by atoms with van der Waals surface area (Å²) in [7, 11) is 0. The number of nitrogen functional groups attached to an aromatic ring is 1. The molecular formula is C19H19N7O6Se2. The Balaban J connectivity index is 1.62. The van der Waals surface area contributed by atoms with Gasteiger partial charge in [-0.25, -0.2) is 9.97 Å². The zero-order valence-electron chi connectivity index (χ0n) is 17.3. The fourth-order valence-electron chi connectivity index (χ4n) is 2.86. The van der Waals surface area contributed by atoms with E-state index in [1.807, 2.05) is 0 Å². The Morgan fingerprint density at radius 2 is 1.85 bits per heavy atom. The molecule has 0 saturated heterocycles. The minimum absolute atomic E-state index is 0.0241. The molecule has 0 aliphatic rings. The molecule has 5 N–H and O–H groups in total. The summed E-state index contributed by atoms with van der Waals surface area (Å²) >= 11 is 3.34. The van der Waals surface area contributed by atoms with Gasteiger partial charge in [0.05, 0.1) is 6.20 Å². The zero-order chi connectivity index (χ0) is 24.7. The molecule has 3 aromatic rings. The van der Waals surface area contributed by atoms with Crippen LogP contribution in [0.2, 0.25) is 0 Å². The first-order valence-electron chi connectivity index (χ1n) is 9.66. The second-order valence-corrected chi connectivity index (χ2v) is 7.62. The van der Waals surface area contributed by atoms with E-state index in [-0.39, 0.29) is 36.5 Å². The molecule has 1 atom stereocenters. The second kappa shape index (κ2) is 11.6. The maximum atomic E-state index is 12.5. The molecule has 2 heterocycles. The summed E-state index contributed by atoms with van der Waals surface area (Å²) in [6.07, 6.45) is 1.44. The molecule has 13 nitrogen and oxygen atoms in total. The van der Waals surface area contributed by atoms with Crippen LogP contribution in [0, 0.1) is 0 Å². The number of hydrogen-bond donors (Lipinski definition) is 4. The quantitative estimate of drug-likeness (QED) is 0.210. The molecule has 15 heteroatoms. The van der Waals surface area contributed by atoms with Crippen LogP contribution in [0.4, 0.5) is 11.6 Å². The zero-order valence-corrected chi connectivity index (χ0v) is 21.1. The number of nitrogens with one attached hydrogen (secondary N) is 3. The van der Waals surface area contributed by atoms with Crippen molar-refractivity contribution in [1.82, 2.24) is 25.3 Å². The number of carbonyl (C=O) groups is 3. The molecule has 0 fully saturated rings. The number of nitrogens with zero attached hydrogens (tertiary/aromatic N) is 3. The monoisotopic (exact) mass is 601 g/mol. The van der Waals surface area contributed by atoms with Gasteiger partial charge in [-0.3, -0.25) is 4.79 Å². The molecule has 0 saturated carbocycles. The number of aromatic nitrogens is 4. The standard InChI is InChI=1S/C19H19N7O6Se2/c20-19-25-15-14(17(29)26-19)23-11(8-22-15)7-21-10-3-1-9(2-4-10)16(28)24-12(18(30)32-34)5-6-13(27)31-33/h1-4,8,12,21,33-34H,5-7H2,(H,24,28)(H3,20,22,25,26,29)/t12-/m0/s1. The Morgan fingerprint density at radius 3 is 2.53 bits per heavy atom. The van der Waals surface area contributed by atoms with Crippen molar-refractivity contribution in [2.75, 3.05) is 11.1 Å². The number of H-pyrrole nitrogens is 1. The fraction of sp³-hybridized carbons (Fsp3) is 0.211. The van der Waals surface area contributed by atoms with Crippen LogP contribution in [0.25, 0.3) is 11.2 Å². The Bertz CT molecular complexity index is 1270. The molecular weight excluding hydrogens is 580 g/mol. The Hall–Kier alpha value is -3.51. The number of aromatic amines is 1. The van der Waals surface area contributed by atoms with Crippen molar-refractivity contribution in [2.24, 2.45) is 0 Å². The smallest absolute Gasteiger partial charge is 0.164 e. The van der Waals surface area contributed by atoms with E-state index >= 15 is 0 Å². The van der Waals surface area contributed by atoms with Gasteiger partial charge in [-0.15, -0.1) is 0 Å². The summed E-state index contributed by atoms with van der Waals surface area (Å²) in [5.74, 6) is -1.78. The molecule has 0 spiro atoms. The molecule has 34 heavy (non-hydrogen) atoms. The summed E-state index contributed by atoms with van der Waals surface area (Å²) in [6.45, 7) is 0.257. The van der Waals surface area contributed by atoms with Gasteiger partial charge < -0.3 is 10.7 Å². The van der Waals surface area contributed by atoms with E-state index in [1.165, 1.54) is 6.20 Å². The van der Waals surface area contributed by atoms with Crippen LogP contribution in [-0.4, -0.2) is 76.5 Å². The minimum Gasteiger partial charge on any atom is -0.309 e. The molecule has 1 aromatic carbocycles. The second-order valence-electron chi connectivity index (χ2n) is 6.85. The van der Waals surface area contributed by atoms with Crippen molar-refractivity contribution >= 4 is 73.3 Å². The predicted molar refractivity (Wildman–Crippen MR) is 123 cm³/mol. The number of rotatable bonds is 9. The van der Waals surface area contributed by atoms with E-state index in [1.54, 1.807) is 57.0 Å². The van der Waals surface area contributed by atoms with Gasteiger partial charge in [-0.2, -0.15) is 4.98 Å². The normalized spacial score (nSPS) is 11.5. The van der Waals surface area contributed by atoms with E-state index in [4.69, 9.17) is 5.73 Å². The van der Waals surface area contributed by atoms with Crippen LogP contribution < -0.4 is 21.9 Å². The van der Waals surface area contributed by atoms with E-state index in [0.29, 0.717) is 16.9 Å². The van der Waals surface area contributed by atoms with Gasteiger partial charge in [0.15, 0.2) is 11.2 Å². The largest absolute Gasteiger partial charge is 0.309 e. The van der Waals surface area contributed by atoms with Crippen LogP contribution in [-0.2, 0) is 23.8 Å². The van der Waals surface area contributed by atoms with Crippen molar-refractivity contribution in [3.63, 3.8) is 0 Å². The molecule has 0 aliphatic carbocycles. The van der Waals surface area contributed by atoms with Crippen LogP contribution in [0.15, 0.2) is 35.3 Å². The number of amides is 1. The van der Waals surface area contributed by atoms with E-state index in [0.717, 1.165) is 0 Å². The molecule has 178 valence electrons. The molecule has 0 bridgehead atoms. The Morgan fingerprint density at radius 1 is 1.12 bits per heavy atom. The number of carbonyl (C=O) groups excluding carboxylic acids is 3. The SMILES string of the molecule is Nc1nc(=O)c2nc(CNc3ccc(C(=O)N[C@@H](CCC(=O)O[SeH])C(=O)O[SeH])cc3)cnc2[nH]1. The molecule has 0 aliphatic heterocycles. The third kappa shape index (κ3) is 6.51. The van der Waals surface area contributed by atoms with Gasteiger partial charge in [0, 0.05) is 0 Å². The van der Waals surface area contributed by atoms with E-state index in [2.05, 4.69) is 38.2 Å². The number of benzene rings is 1. The van der Waals surface area contributed by atoms with Gasteiger partial charge in [-0.1, -0.05) is 0 Å². The summed E-state index contributed by atoms with van der Waals surface area (Å²) < 4.78 is 9.12. The Kier molecular flexibility index (Phi) is 8.54. The average Bonchev–Trinajstić information content (AvgIpc) is 2.84. The van der Waals surface area contributed by atoms with Gasteiger partial charge in [0.2, 0.25) is 5.95 Å². The molecule has 1 amide bonds. The van der Waals surface area contributed by atoms with Crippen LogP contribution in [0.1, 0.15) is 28.9 Å². The molecule has 0 radical (unpaired) electrons. The van der Waals surface area contributed by atoms with E-state index < -0.39 is 29.4 Å². The first-order valence-corrected chi connectivity index (χ1v) is 11.2. The van der Waals surface area contributed by atoms with Crippen LogP contribution in [0.3, 0.4) is 0 Å². The summed E-state index contributed by atoms with van der Waals surface area (Å²) in [6, 6.07) is 5.43. The number of anilines is 2. The van der Waals surface area contributed by atoms with Crippen molar-refractivity contribution in [3.05, 3.63) is 52.1 Å². The number of fused-ring (bicyclic) bond motifs is 1. The van der Waals surface area contributed by atoms with Gasteiger partial charge >= 0.3 is 155 Å². The molecule has 2 aromatic heterocycles. The summed E-state index contributed by atoms with van der Waals surface area (Å²) in [5, 5.41) is 5.65. The third-order valence-corrected chi connectivity index (χ3v) is 5.34. The van der Waals surface area contributed by atoms with Gasteiger partial charge in [0.25, 0.3) is 0 Å². The first kappa shape index (κ1) is 25.1. The van der Waals surface area contributed by atoms with Gasteiger partial charge in [-0.05, 0) is 0 Å². The van der Waals surface area contributed by atoms with E-state index in [9.17, 15) is 19.2 Å². The number of nitrogens with two attached hydrogens (primary N) is 1. The summed E-state index contributed by atoms with van der Waals surface area (Å²) in [4.78, 5) is 62.3. The maximum absolute atomic E-state index is 12.5. The average molecular weight is 599 g/mol. The molecule has 0 unspecified atom stereocenters. The number of hydrogen-bond acceptors (Lipinski definition) is 11. The molecule has 3 rings (SSSR count). The first-order chi connectivity index (χ1) is 16.3. The van der Waals surface area contributed by atoms with Crippen molar-refractivity contribution < 1.29 is 22.0 Å².